The standard InChI is InChI=1S/C30H31N3O/c1-20-15-16-25-23(18-20)26(28(34-2)27(32-25)22-12-4-3-5-13-22)29-31-19-30(33-29)17-9-8-11-21-10-6-7-14-24(21)30/h3-7,10,12-16,18,29,31,33H,8-9,11,17,19H2,1-2H3. The first-order chi connectivity index (χ1) is 16.7. The van der Waals surface area contributed by atoms with Crippen molar-refractivity contribution in [3.05, 3.63) is 95.1 Å². The molecule has 1 aromatic heterocycles. The quantitative estimate of drug-likeness (QED) is 0.401. The zero-order chi connectivity index (χ0) is 23.1. The van der Waals surface area contributed by atoms with Gasteiger partial charge >= 0.3 is 0 Å². The van der Waals surface area contributed by atoms with E-state index in [9.17, 15) is 0 Å². The molecule has 1 fully saturated rings. The maximum Gasteiger partial charge on any atom is 0.151 e. The normalized spacial score (nSPS) is 22.0. The topological polar surface area (TPSA) is 46.2 Å². The predicted molar refractivity (Wildman–Crippen MR) is 138 cm³/mol. The van der Waals surface area contributed by atoms with Crippen LogP contribution in [-0.4, -0.2) is 18.6 Å². The molecular weight excluding hydrogens is 418 g/mol. The summed E-state index contributed by atoms with van der Waals surface area (Å²) in [5, 5.41) is 9.05. The molecule has 0 bridgehead atoms. The Bertz CT molecular complexity index is 1350. The van der Waals surface area contributed by atoms with Crippen LogP contribution >= 0.6 is 0 Å². The highest BCUT2D eigenvalue weighted by molar-refractivity contribution is 5.90. The summed E-state index contributed by atoms with van der Waals surface area (Å²) in [5.41, 5.74) is 8.16. The van der Waals surface area contributed by atoms with Gasteiger partial charge in [-0.05, 0) is 49.4 Å². The third-order valence-electron chi connectivity index (χ3n) is 7.54. The molecule has 0 radical (unpaired) electrons. The van der Waals surface area contributed by atoms with Crippen molar-refractivity contribution in [3.63, 3.8) is 0 Å². The van der Waals surface area contributed by atoms with Crippen LogP contribution in [0.2, 0.25) is 0 Å². The van der Waals surface area contributed by atoms with Gasteiger partial charge < -0.3 is 4.74 Å². The van der Waals surface area contributed by atoms with E-state index in [-0.39, 0.29) is 11.7 Å². The van der Waals surface area contributed by atoms with E-state index in [2.05, 4.69) is 84.3 Å². The summed E-state index contributed by atoms with van der Waals surface area (Å²) in [6.07, 6.45) is 4.71. The van der Waals surface area contributed by atoms with Crippen LogP contribution in [0.3, 0.4) is 0 Å². The maximum atomic E-state index is 6.12. The Balaban J connectivity index is 1.53. The van der Waals surface area contributed by atoms with Gasteiger partial charge in [0.25, 0.3) is 0 Å². The number of hydrogen-bond acceptors (Lipinski definition) is 4. The lowest BCUT2D eigenvalue weighted by molar-refractivity contribution is 0.350. The third-order valence-corrected chi connectivity index (χ3v) is 7.54. The van der Waals surface area contributed by atoms with E-state index >= 15 is 0 Å². The molecule has 2 aliphatic rings. The smallest absolute Gasteiger partial charge is 0.151 e. The molecule has 4 aromatic rings. The van der Waals surface area contributed by atoms with Crippen LogP contribution in [0.25, 0.3) is 22.2 Å². The van der Waals surface area contributed by atoms with Crippen molar-refractivity contribution in [2.24, 2.45) is 0 Å². The van der Waals surface area contributed by atoms with Crippen molar-refractivity contribution < 1.29 is 4.74 Å². The zero-order valence-corrected chi connectivity index (χ0v) is 19.9. The largest absolute Gasteiger partial charge is 0.494 e. The molecule has 1 aliphatic heterocycles. The van der Waals surface area contributed by atoms with Gasteiger partial charge in [0.05, 0.1) is 24.3 Å². The molecule has 1 spiro atoms. The van der Waals surface area contributed by atoms with Crippen molar-refractivity contribution in [2.45, 2.75) is 44.3 Å². The Hall–Kier alpha value is -3.21. The fourth-order valence-corrected chi connectivity index (χ4v) is 5.91. The molecule has 6 rings (SSSR count). The molecule has 0 saturated carbocycles. The average molecular weight is 450 g/mol. The Morgan fingerprint density at radius 3 is 2.65 bits per heavy atom. The van der Waals surface area contributed by atoms with E-state index < -0.39 is 0 Å². The second kappa shape index (κ2) is 8.53. The molecule has 4 nitrogen and oxygen atoms in total. The molecule has 1 aliphatic carbocycles. The lowest BCUT2D eigenvalue weighted by Crippen LogP contribution is -2.40. The highest BCUT2D eigenvalue weighted by Gasteiger charge is 2.43. The van der Waals surface area contributed by atoms with Crippen LogP contribution in [0.5, 0.6) is 5.75 Å². The van der Waals surface area contributed by atoms with Gasteiger partial charge in [0.15, 0.2) is 5.75 Å². The van der Waals surface area contributed by atoms with Crippen LogP contribution < -0.4 is 15.4 Å². The van der Waals surface area contributed by atoms with Crippen LogP contribution in [0, 0.1) is 6.92 Å². The molecule has 2 heterocycles. The van der Waals surface area contributed by atoms with Gasteiger partial charge in [0.1, 0.15) is 5.69 Å². The molecule has 1 saturated heterocycles. The molecule has 2 unspecified atom stereocenters. The lowest BCUT2D eigenvalue weighted by Gasteiger charge is -2.31. The summed E-state index contributed by atoms with van der Waals surface area (Å²) < 4.78 is 6.12. The van der Waals surface area contributed by atoms with Gasteiger partial charge in [-0.2, -0.15) is 0 Å². The fourth-order valence-electron chi connectivity index (χ4n) is 5.91. The van der Waals surface area contributed by atoms with Gasteiger partial charge in [0.2, 0.25) is 0 Å². The number of ether oxygens (including phenoxy) is 1. The van der Waals surface area contributed by atoms with E-state index in [0.29, 0.717) is 0 Å². The molecular formula is C30H31N3O. The van der Waals surface area contributed by atoms with Crippen LogP contribution in [0.4, 0.5) is 0 Å². The van der Waals surface area contributed by atoms with E-state index in [1.165, 1.54) is 29.5 Å². The van der Waals surface area contributed by atoms with Crippen LogP contribution in [0.1, 0.15) is 47.7 Å². The summed E-state index contributed by atoms with van der Waals surface area (Å²) in [5.74, 6) is 0.841. The number of nitrogens with zero attached hydrogens (tertiary/aromatic N) is 1. The second-order valence-electron chi connectivity index (χ2n) is 9.70. The Labute approximate surface area is 201 Å². The first kappa shape index (κ1) is 21.3. The number of pyridine rings is 1. The van der Waals surface area contributed by atoms with E-state index in [4.69, 9.17) is 9.72 Å². The van der Waals surface area contributed by atoms with Crippen molar-refractivity contribution in [1.29, 1.82) is 0 Å². The monoisotopic (exact) mass is 449 g/mol. The third kappa shape index (κ3) is 3.49. The molecule has 0 amide bonds. The van der Waals surface area contributed by atoms with Crippen molar-refractivity contribution in [2.75, 3.05) is 13.7 Å². The minimum Gasteiger partial charge on any atom is -0.494 e. The predicted octanol–water partition coefficient (Wildman–Crippen LogP) is 6.03. The molecule has 3 aromatic carbocycles. The number of aryl methyl sites for hydroxylation is 2. The van der Waals surface area contributed by atoms with Crippen LogP contribution in [-0.2, 0) is 12.0 Å². The van der Waals surface area contributed by atoms with Gasteiger partial charge in [0, 0.05) is 23.1 Å². The highest BCUT2D eigenvalue weighted by atomic mass is 16.5. The highest BCUT2D eigenvalue weighted by Crippen LogP contribution is 2.44. The number of hydrogen-bond donors (Lipinski definition) is 2. The van der Waals surface area contributed by atoms with Gasteiger partial charge in [-0.25, -0.2) is 4.98 Å². The summed E-state index contributed by atoms with van der Waals surface area (Å²) >= 11 is 0. The summed E-state index contributed by atoms with van der Waals surface area (Å²) in [4.78, 5) is 5.06. The minimum absolute atomic E-state index is 0.0316. The fraction of sp³-hybridized carbons (Fsp3) is 0.300. The van der Waals surface area contributed by atoms with E-state index in [1.54, 1.807) is 7.11 Å². The van der Waals surface area contributed by atoms with Gasteiger partial charge in [-0.15, -0.1) is 0 Å². The van der Waals surface area contributed by atoms with Crippen LogP contribution in [0.15, 0.2) is 72.8 Å². The zero-order valence-electron chi connectivity index (χ0n) is 19.9. The summed E-state index contributed by atoms with van der Waals surface area (Å²) in [6, 6.07) is 25.8. The Morgan fingerprint density at radius 2 is 1.79 bits per heavy atom. The Kier molecular flexibility index (Phi) is 5.35. The number of rotatable bonds is 3. The number of methoxy groups -OCH3 is 1. The first-order valence-corrected chi connectivity index (χ1v) is 12.3. The summed E-state index contributed by atoms with van der Waals surface area (Å²) in [7, 11) is 1.76. The van der Waals surface area contributed by atoms with Gasteiger partial charge in [-0.1, -0.05) is 72.6 Å². The molecule has 2 N–H and O–H groups in total. The maximum absolute atomic E-state index is 6.12. The number of aromatic nitrogens is 1. The molecule has 4 heteroatoms. The van der Waals surface area contributed by atoms with Crippen molar-refractivity contribution >= 4 is 10.9 Å². The number of benzene rings is 3. The lowest BCUT2D eigenvalue weighted by atomic mass is 9.85. The van der Waals surface area contributed by atoms with E-state index in [1.807, 2.05) is 6.07 Å². The number of nitrogens with one attached hydrogen (secondary N) is 2. The van der Waals surface area contributed by atoms with Crippen molar-refractivity contribution in [1.82, 2.24) is 15.6 Å². The molecule has 172 valence electrons. The second-order valence-corrected chi connectivity index (χ2v) is 9.70. The summed E-state index contributed by atoms with van der Waals surface area (Å²) in [6.45, 7) is 3.04. The van der Waals surface area contributed by atoms with Gasteiger partial charge in [-0.3, -0.25) is 10.6 Å². The van der Waals surface area contributed by atoms with Crippen molar-refractivity contribution in [3.8, 4) is 17.0 Å². The molecule has 34 heavy (non-hydrogen) atoms. The Morgan fingerprint density at radius 1 is 0.971 bits per heavy atom. The number of fused-ring (bicyclic) bond motifs is 3. The first-order valence-electron chi connectivity index (χ1n) is 12.3. The average Bonchev–Trinajstić information content (AvgIpc) is 3.22. The SMILES string of the molecule is COc1c(-c2ccccc2)nc2ccc(C)cc2c1C1NCC2(CCCCc3ccccc32)N1. The molecule has 2 atom stereocenters. The van der Waals surface area contributed by atoms with E-state index in [0.717, 1.165) is 52.9 Å². The minimum atomic E-state index is -0.0743.